The number of amides is 2. The molecule has 0 radical (unpaired) electrons. The number of hydrogen-bond acceptors (Lipinski definition) is 4. The van der Waals surface area contributed by atoms with Gasteiger partial charge in [0.05, 0.1) is 12.1 Å². The van der Waals surface area contributed by atoms with Crippen molar-refractivity contribution < 1.29 is 9.59 Å². The van der Waals surface area contributed by atoms with E-state index in [1.54, 1.807) is 11.3 Å². The van der Waals surface area contributed by atoms with E-state index >= 15 is 0 Å². The monoisotopic (exact) mass is 447 g/mol. The number of nitrogens with zero attached hydrogens (tertiary/aromatic N) is 1. The lowest BCUT2D eigenvalue weighted by atomic mass is 10.1. The van der Waals surface area contributed by atoms with Crippen molar-refractivity contribution in [2.75, 3.05) is 30.3 Å². The van der Waals surface area contributed by atoms with Crippen molar-refractivity contribution in [2.24, 2.45) is 0 Å². The third kappa shape index (κ3) is 4.25. The van der Waals surface area contributed by atoms with E-state index in [-0.39, 0.29) is 11.8 Å². The molecule has 142 valence electrons. The van der Waals surface area contributed by atoms with Crippen molar-refractivity contribution in [3.63, 3.8) is 0 Å². The molecule has 0 spiro atoms. The molecule has 2 aliphatic rings. The van der Waals surface area contributed by atoms with Crippen molar-refractivity contribution in [3.05, 3.63) is 44.7 Å². The Hall–Kier alpha value is -1.70. The maximum Gasteiger partial charge on any atom is 0.258 e. The highest BCUT2D eigenvalue weighted by atomic mass is 79.9. The smallest absolute Gasteiger partial charge is 0.258 e. The molecular formula is C20H22BrN3O2S. The van der Waals surface area contributed by atoms with Crippen LogP contribution in [0.15, 0.2) is 28.7 Å². The highest BCUT2D eigenvalue weighted by Crippen LogP contribution is 2.39. The van der Waals surface area contributed by atoms with Crippen LogP contribution in [0.25, 0.3) is 0 Å². The first-order chi connectivity index (χ1) is 13.1. The number of carbonyl (C=O) groups is 2. The number of anilines is 2. The first-order valence-corrected chi connectivity index (χ1v) is 10.9. The van der Waals surface area contributed by atoms with Crippen LogP contribution in [0.3, 0.4) is 0 Å². The Bertz CT molecular complexity index is 857. The van der Waals surface area contributed by atoms with Crippen molar-refractivity contribution in [1.82, 2.24) is 4.90 Å². The van der Waals surface area contributed by atoms with Gasteiger partial charge in [-0.15, -0.1) is 11.3 Å². The molecule has 1 aliphatic carbocycles. The lowest BCUT2D eigenvalue weighted by Crippen LogP contribution is -2.31. The second kappa shape index (κ2) is 8.12. The highest BCUT2D eigenvalue weighted by Gasteiger charge is 2.28. The van der Waals surface area contributed by atoms with Gasteiger partial charge < -0.3 is 10.6 Å². The van der Waals surface area contributed by atoms with E-state index in [0.29, 0.717) is 17.1 Å². The van der Waals surface area contributed by atoms with E-state index in [1.807, 2.05) is 24.3 Å². The van der Waals surface area contributed by atoms with Crippen LogP contribution in [-0.4, -0.2) is 36.3 Å². The summed E-state index contributed by atoms with van der Waals surface area (Å²) in [5.74, 6) is -0.178. The van der Waals surface area contributed by atoms with Crippen LogP contribution >= 0.6 is 27.3 Å². The number of thiophene rings is 1. The highest BCUT2D eigenvalue weighted by molar-refractivity contribution is 9.10. The van der Waals surface area contributed by atoms with Gasteiger partial charge in [0.25, 0.3) is 5.91 Å². The normalized spacial score (nSPS) is 16.3. The van der Waals surface area contributed by atoms with Gasteiger partial charge in [0, 0.05) is 15.0 Å². The fraction of sp³-hybridized carbons (Fsp3) is 0.400. The molecule has 2 heterocycles. The predicted octanol–water partition coefficient (Wildman–Crippen LogP) is 4.29. The molecule has 27 heavy (non-hydrogen) atoms. The molecule has 5 nitrogen and oxygen atoms in total. The van der Waals surface area contributed by atoms with E-state index in [0.717, 1.165) is 60.9 Å². The van der Waals surface area contributed by atoms with Gasteiger partial charge in [0.2, 0.25) is 5.91 Å². The van der Waals surface area contributed by atoms with Gasteiger partial charge in [-0.25, -0.2) is 0 Å². The molecule has 0 saturated carbocycles. The van der Waals surface area contributed by atoms with Gasteiger partial charge >= 0.3 is 0 Å². The number of fused-ring (bicyclic) bond motifs is 1. The van der Waals surface area contributed by atoms with Crippen molar-refractivity contribution >= 4 is 49.8 Å². The molecular weight excluding hydrogens is 426 g/mol. The van der Waals surface area contributed by atoms with Crippen LogP contribution in [0.4, 0.5) is 10.7 Å². The maximum absolute atomic E-state index is 13.0. The zero-order valence-corrected chi connectivity index (χ0v) is 17.4. The average molecular weight is 448 g/mol. The molecule has 0 unspecified atom stereocenters. The van der Waals surface area contributed by atoms with E-state index < -0.39 is 0 Å². The zero-order valence-electron chi connectivity index (χ0n) is 15.0. The summed E-state index contributed by atoms with van der Waals surface area (Å²) in [6.07, 6.45) is 5.27. The molecule has 4 rings (SSSR count). The minimum atomic E-state index is -0.145. The lowest BCUT2D eigenvalue weighted by Gasteiger charge is -2.14. The van der Waals surface area contributed by atoms with E-state index in [2.05, 4.69) is 31.5 Å². The zero-order chi connectivity index (χ0) is 18.8. The summed E-state index contributed by atoms with van der Waals surface area (Å²) in [5.41, 5.74) is 2.49. The summed E-state index contributed by atoms with van der Waals surface area (Å²) in [4.78, 5) is 28.9. The summed E-state index contributed by atoms with van der Waals surface area (Å²) in [6.45, 7) is 2.35. The first-order valence-electron chi connectivity index (χ1n) is 9.34. The van der Waals surface area contributed by atoms with Crippen LogP contribution in [-0.2, 0) is 17.6 Å². The molecule has 2 amide bonds. The standard InChI is InChI=1S/C20H22BrN3O2S/c21-13-6-8-14(9-7-13)22-19(26)18-15-4-3-5-16(15)27-20(18)23-17(25)12-24-10-1-2-11-24/h6-9H,1-5,10-12H2,(H,22,26)(H,23,25). The van der Waals surface area contributed by atoms with Gasteiger partial charge in [-0.05, 0) is 75.0 Å². The van der Waals surface area contributed by atoms with E-state index in [9.17, 15) is 9.59 Å². The van der Waals surface area contributed by atoms with Crippen LogP contribution in [0.5, 0.6) is 0 Å². The van der Waals surface area contributed by atoms with Crippen molar-refractivity contribution in [3.8, 4) is 0 Å². The molecule has 1 aromatic carbocycles. The first kappa shape index (κ1) is 18.7. The second-order valence-corrected chi connectivity index (χ2v) is 9.07. The van der Waals surface area contributed by atoms with E-state index in [4.69, 9.17) is 0 Å². The SMILES string of the molecule is O=C(CN1CCCC1)Nc1sc2c(c1C(=O)Nc1ccc(Br)cc1)CCC2. The summed E-state index contributed by atoms with van der Waals surface area (Å²) < 4.78 is 0.965. The molecule has 1 aliphatic heterocycles. The Balaban J connectivity index is 1.52. The fourth-order valence-corrected chi connectivity index (χ4v) is 5.34. The Morgan fingerprint density at radius 3 is 2.52 bits per heavy atom. The largest absolute Gasteiger partial charge is 0.322 e. The van der Waals surface area contributed by atoms with Crippen LogP contribution < -0.4 is 10.6 Å². The molecule has 0 atom stereocenters. The van der Waals surface area contributed by atoms with Gasteiger partial charge in [-0.3, -0.25) is 14.5 Å². The molecule has 2 aromatic rings. The van der Waals surface area contributed by atoms with Crippen LogP contribution in [0, 0.1) is 0 Å². The topological polar surface area (TPSA) is 61.4 Å². The number of benzene rings is 1. The third-order valence-corrected chi connectivity index (χ3v) is 6.81. The number of likely N-dealkylation sites (tertiary alicyclic amines) is 1. The summed E-state index contributed by atoms with van der Waals surface area (Å²) in [7, 11) is 0. The molecule has 1 saturated heterocycles. The fourth-order valence-electron chi connectivity index (χ4n) is 3.77. The number of hydrogen-bond donors (Lipinski definition) is 2. The minimum absolute atomic E-state index is 0.0329. The molecule has 7 heteroatoms. The summed E-state index contributed by atoms with van der Waals surface area (Å²) in [5, 5.41) is 6.68. The Morgan fingerprint density at radius 1 is 1.04 bits per heavy atom. The van der Waals surface area contributed by atoms with Crippen molar-refractivity contribution in [1.29, 1.82) is 0 Å². The van der Waals surface area contributed by atoms with Gasteiger partial charge in [0.15, 0.2) is 0 Å². The van der Waals surface area contributed by atoms with Gasteiger partial charge in [-0.1, -0.05) is 15.9 Å². The summed E-state index contributed by atoms with van der Waals surface area (Å²) in [6, 6.07) is 7.51. The number of nitrogens with one attached hydrogen (secondary N) is 2. The van der Waals surface area contributed by atoms with Gasteiger partial charge in [0.1, 0.15) is 5.00 Å². The number of rotatable bonds is 5. The Morgan fingerprint density at radius 2 is 1.78 bits per heavy atom. The Labute approximate surface area is 171 Å². The molecule has 2 N–H and O–H groups in total. The number of aryl methyl sites for hydroxylation is 1. The second-order valence-electron chi connectivity index (χ2n) is 7.05. The third-order valence-electron chi connectivity index (χ3n) is 5.07. The summed E-state index contributed by atoms with van der Waals surface area (Å²) >= 11 is 4.96. The maximum atomic E-state index is 13.0. The van der Waals surface area contributed by atoms with Gasteiger partial charge in [-0.2, -0.15) is 0 Å². The van der Waals surface area contributed by atoms with E-state index in [1.165, 1.54) is 4.88 Å². The molecule has 1 aromatic heterocycles. The Kier molecular flexibility index (Phi) is 5.61. The van der Waals surface area contributed by atoms with Crippen molar-refractivity contribution in [2.45, 2.75) is 32.1 Å². The van der Waals surface area contributed by atoms with Crippen LogP contribution in [0.1, 0.15) is 40.1 Å². The minimum Gasteiger partial charge on any atom is -0.322 e. The lowest BCUT2D eigenvalue weighted by molar-refractivity contribution is -0.117. The quantitative estimate of drug-likeness (QED) is 0.718. The average Bonchev–Trinajstić information content (AvgIpc) is 3.34. The van der Waals surface area contributed by atoms with Crippen LogP contribution in [0.2, 0.25) is 0 Å². The molecule has 0 bridgehead atoms. The predicted molar refractivity (Wildman–Crippen MR) is 113 cm³/mol. The number of halogens is 1. The number of carbonyl (C=O) groups excluding carboxylic acids is 2. The molecule has 1 fully saturated rings.